The predicted molar refractivity (Wildman–Crippen MR) is 103 cm³/mol. The van der Waals surface area contributed by atoms with E-state index < -0.39 is 36.5 Å². The molecule has 1 unspecified atom stereocenters. The van der Waals surface area contributed by atoms with E-state index in [-0.39, 0.29) is 5.56 Å². The summed E-state index contributed by atoms with van der Waals surface area (Å²) in [4.78, 5) is 7.50. The Bertz CT molecular complexity index is 1160. The highest BCUT2D eigenvalue weighted by Gasteiger charge is 2.20. The molecule has 6 nitrogen and oxygen atoms in total. The Hall–Kier alpha value is -3.56. The summed E-state index contributed by atoms with van der Waals surface area (Å²) in [6.07, 6.45) is 4.17. The third-order valence-electron chi connectivity index (χ3n) is 4.50. The van der Waals surface area contributed by atoms with Gasteiger partial charge in [0, 0.05) is 41.3 Å². The van der Waals surface area contributed by atoms with E-state index in [1.165, 1.54) is 0 Å². The van der Waals surface area contributed by atoms with E-state index >= 15 is 0 Å². The molecule has 3 aromatic heterocycles. The molecular weight excluding hydrogens is 402 g/mol. The normalized spacial score (nSPS) is 12.5. The number of hydrogen-bond acceptors (Lipinski definition) is 4. The van der Waals surface area contributed by atoms with Crippen LogP contribution in [0.2, 0.25) is 0 Å². The van der Waals surface area contributed by atoms with Crippen molar-refractivity contribution in [2.75, 3.05) is 11.9 Å². The van der Waals surface area contributed by atoms with E-state index in [1.54, 1.807) is 36.1 Å². The van der Waals surface area contributed by atoms with Gasteiger partial charge in [0.05, 0.1) is 12.2 Å². The second-order valence-corrected chi connectivity index (χ2v) is 6.61. The number of nitrogens with zero attached hydrogens (tertiary/aromatic N) is 3. The molecule has 0 radical (unpaired) electrons. The number of fused-ring (bicyclic) bond motifs is 1. The third kappa shape index (κ3) is 3.93. The second-order valence-electron chi connectivity index (χ2n) is 6.61. The minimum Gasteiger partial charge on any atom is -0.484 e. The highest BCUT2D eigenvalue weighted by molar-refractivity contribution is 5.77. The van der Waals surface area contributed by atoms with Crippen molar-refractivity contribution in [1.29, 1.82) is 0 Å². The summed E-state index contributed by atoms with van der Waals surface area (Å²) in [5.74, 6) is -1.89. The van der Waals surface area contributed by atoms with Crippen LogP contribution in [0.3, 0.4) is 0 Å². The topological polar surface area (TPSA) is 67.2 Å². The molecule has 0 aliphatic heterocycles. The average Bonchev–Trinajstić information content (AvgIpc) is 3.35. The maximum atomic E-state index is 14.2. The molecule has 0 aliphatic rings. The number of rotatable bonds is 7. The van der Waals surface area contributed by atoms with E-state index in [2.05, 4.69) is 20.4 Å². The highest BCUT2D eigenvalue weighted by atomic mass is 19.3. The van der Waals surface area contributed by atoms with Crippen LogP contribution in [0.15, 0.2) is 49.1 Å². The van der Waals surface area contributed by atoms with Gasteiger partial charge in [0.1, 0.15) is 18.2 Å². The largest absolute Gasteiger partial charge is 0.484 e. The van der Waals surface area contributed by atoms with Gasteiger partial charge in [-0.15, -0.1) is 0 Å². The van der Waals surface area contributed by atoms with Crippen molar-refractivity contribution >= 4 is 11.5 Å². The fourth-order valence-corrected chi connectivity index (χ4v) is 3.14. The molecule has 0 bridgehead atoms. The molecule has 30 heavy (non-hydrogen) atoms. The second kappa shape index (κ2) is 8.05. The van der Waals surface area contributed by atoms with Crippen molar-refractivity contribution in [2.24, 2.45) is 0 Å². The Labute approximate surface area is 168 Å². The molecule has 0 spiro atoms. The summed E-state index contributed by atoms with van der Waals surface area (Å²) >= 11 is 0. The van der Waals surface area contributed by atoms with Crippen molar-refractivity contribution < 1.29 is 22.3 Å². The van der Waals surface area contributed by atoms with Crippen molar-refractivity contribution in [3.63, 3.8) is 0 Å². The van der Waals surface area contributed by atoms with Crippen molar-refractivity contribution in [1.82, 2.24) is 19.6 Å². The number of ether oxygens (including phenoxy) is 1. The fraction of sp³-hybridized carbons (Fsp3) is 0.200. The van der Waals surface area contributed by atoms with Crippen LogP contribution in [0.1, 0.15) is 18.5 Å². The minimum atomic E-state index is -2.79. The van der Waals surface area contributed by atoms with Crippen molar-refractivity contribution in [2.45, 2.75) is 19.4 Å². The van der Waals surface area contributed by atoms with Gasteiger partial charge in [-0.3, -0.25) is 0 Å². The first-order valence-electron chi connectivity index (χ1n) is 9.06. The minimum absolute atomic E-state index is 0.0641. The van der Waals surface area contributed by atoms with Gasteiger partial charge in [-0.2, -0.15) is 5.10 Å². The van der Waals surface area contributed by atoms with Crippen LogP contribution in [0.25, 0.3) is 16.8 Å². The molecular formula is C20H17F4N5O. The molecule has 1 aromatic carbocycles. The molecule has 4 aromatic rings. The van der Waals surface area contributed by atoms with Gasteiger partial charge < -0.3 is 15.0 Å². The molecule has 0 saturated heterocycles. The molecule has 0 aliphatic carbocycles. The molecule has 10 heteroatoms. The lowest BCUT2D eigenvalue weighted by Crippen LogP contribution is -2.14. The summed E-state index contributed by atoms with van der Waals surface area (Å²) in [6.45, 7) is 0.626. The molecule has 0 saturated carbocycles. The van der Waals surface area contributed by atoms with Gasteiger partial charge in [0.25, 0.3) is 6.43 Å². The Morgan fingerprint density at radius 1 is 1.23 bits per heavy atom. The first-order valence-corrected chi connectivity index (χ1v) is 9.06. The lowest BCUT2D eigenvalue weighted by molar-refractivity contribution is 0.0792. The SMILES string of the molecule is CC(Nc1ccn2ncc(-c3cc[nH]c3)c2n1)c1cc(F)cc(F)c1OCC(F)F. The molecule has 156 valence electrons. The standard InChI is InChI=1S/C20H17F4N5O/c1-11(14-6-13(21)7-16(22)19(14)30-10-17(23)24)27-18-3-5-29-20(28-18)15(9-26-29)12-2-4-25-8-12/h2-9,11,17,25H,10H2,1H3,(H,27,28). The zero-order chi connectivity index (χ0) is 21.3. The van der Waals surface area contributed by atoms with E-state index in [0.29, 0.717) is 17.5 Å². The lowest BCUT2D eigenvalue weighted by Gasteiger charge is -2.19. The number of halogens is 4. The molecule has 0 amide bonds. The molecule has 0 fully saturated rings. The van der Waals surface area contributed by atoms with Gasteiger partial charge >= 0.3 is 0 Å². The van der Waals surface area contributed by atoms with Crippen LogP contribution in [-0.2, 0) is 0 Å². The van der Waals surface area contributed by atoms with Gasteiger partial charge in [-0.1, -0.05) is 0 Å². The van der Waals surface area contributed by atoms with Crippen LogP contribution in [0, 0.1) is 11.6 Å². The lowest BCUT2D eigenvalue weighted by atomic mass is 10.1. The quantitative estimate of drug-likeness (QED) is 0.422. The van der Waals surface area contributed by atoms with E-state index in [1.807, 2.05) is 12.3 Å². The maximum absolute atomic E-state index is 14.2. The smallest absolute Gasteiger partial charge is 0.272 e. The number of aromatic amines is 1. The van der Waals surface area contributed by atoms with E-state index in [9.17, 15) is 17.6 Å². The van der Waals surface area contributed by atoms with Gasteiger partial charge in [-0.05, 0) is 25.1 Å². The van der Waals surface area contributed by atoms with Crippen molar-refractivity contribution in [3.8, 4) is 16.9 Å². The number of aromatic nitrogens is 4. The zero-order valence-electron chi connectivity index (χ0n) is 15.7. The van der Waals surface area contributed by atoms with Crippen LogP contribution in [0.4, 0.5) is 23.4 Å². The third-order valence-corrected chi connectivity index (χ3v) is 4.50. The Kier molecular flexibility index (Phi) is 5.30. The van der Waals surface area contributed by atoms with Crippen molar-refractivity contribution in [3.05, 3.63) is 66.3 Å². The average molecular weight is 419 g/mol. The predicted octanol–water partition coefficient (Wildman–Crippen LogP) is 4.82. The summed E-state index contributed by atoms with van der Waals surface area (Å²) in [5, 5.41) is 7.29. The Morgan fingerprint density at radius 3 is 2.80 bits per heavy atom. The maximum Gasteiger partial charge on any atom is 0.272 e. The number of H-pyrrole nitrogens is 1. The Balaban J connectivity index is 1.65. The molecule has 1 atom stereocenters. The zero-order valence-corrected chi connectivity index (χ0v) is 15.7. The number of anilines is 1. The number of benzene rings is 1. The van der Waals surface area contributed by atoms with Gasteiger partial charge in [-0.25, -0.2) is 27.1 Å². The summed E-state index contributed by atoms with van der Waals surface area (Å²) < 4.78 is 59.5. The summed E-state index contributed by atoms with van der Waals surface area (Å²) in [6, 6.07) is 4.48. The van der Waals surface area contributed by atoms with Gasteiger partial charge in [0.15, 0.2) is 17.2 Å². The Morgan fingerprint density at radius 2 is 2.07 bits per heavy atom. The van der Waals surface area contributed by atoms with Crippen LogP contribution >= 0.6 is 0 Å². The first-order chi connectivity index (χ1) is 14.4. The number of hydrogen-bond donors (Lipinski definition) is 2. The number of nitrogens with one attached hydrogen (secondary N) is 2. The van der Waals surface area contributed by atoms with E-state index in [4.69, 9.17) is 4.74 Å². The molecule has 4 rings (SSSR count). The first kappa shape index (κ1) is 19.7. The highest BCUT2D eigenvalue weighted by Crippen LogP contribution is 2.32. The summed E-state index contributed by atoms with van der Waals surface area (Å²) in [7, 11) is 0. The summed E-state index contributed by atoms with van der Waals surface area (Å²) in [5.41, 5.74) is 2.34. The van der Waals surface area contributed by atoms with Crippen LogP contribution in [0.5, 0.6) is 5.75 Å². The van der Waals surface area contributed by atoms with Gasteiger partial charge in [0.2, 0.25) is 0 Å². The molecule has 2 N–H and O–H groups in total. The fourth-order valence-electron chi connectivity index (χ4n) is 3.14. The molecule has 3 heterocycles. The number of alkyl halides is 2. The monoisotopic (exact) mass is 419 g/mol. The van der Waals surface area contributed by atoms with Crippen LogP contribution in [-0.4, -0.2) is 32.6 Å². The van der Waals surface area contributed by atoms with E-state index in [0.717, 1.165) is 17.2 Å². The van der Waals surface area contributed by atoms with Crippen LogP contribution < -0.4 is 10.1 Å².